The van der Waals surface area contributed by atoms with Gasteiger partial charge in [0.2, 0.25) is 0 Å². The molecule has 0 aromatic carbocycles. The van der Waals surface area contributed by atoms with Gasteiger partial charge in [0.25, 0.3) is 0 Å². The fraction of sp³-hybridized carbons (Fsp3) is 1.00. The summed E-state index contributed by atoms with van der Waals surface area (Å²) in [6.07, 6.45) is 41.1. The molecule has 0 spiro atoms. The van der Waals surface area contributed by atoms with Gasteiger partial charge in [0.1, 0.15) is 12.6 Å². The second-order valence-electron chi connectivity index (χ2n) is 17.0. The molecular weight excluding hydrogens is 669 g/mol. The Labute approximate surface area is 325 Å². The van der Waals surface area contributed by atoms with E-state index in [2.05, 4.69) is 13.8 Å². The molecule has 0 aliphatic rings. The van der Waals surface area contributed by atoms with Crippen LogP contribution in [0.15, 0.2) is 0 Å². The highest BCUT2D eigenvalue weighted by molar-refractivity contribution is 7.52. The van der Waals surface area contributed by atoms with E-state index in [1.807, 2.05) is 21.1 Å². The molecule has 8 heteroatoms. The number of quaternary nitrogens is 1. The number of ether oxygens (including phenoxy) is 2. The van der Waals surface area contributed by atoms with Crippen molar-refractivity contribution in [2.75, 3.05) is 54.1 Å². The first kappa shape index (κ1) is 52.0. The summed E-state index contributed by atoms with van der Waals surface area (Å²) in [6.45, 7) is 5.62. The Hall–Kier alpha value is -0.0100. The van der Waals surface area contributed by atoms with E-state index in [1.165, 1.54) is 173 Å². The van der Waals surface area contributed by atoms with Crippen molar-refractivity contribution in [1.82, 2.24) is 0 Å². The van der Waals surface area contributed by atoms with Crippen molar-refractivity contribution in [2.45, 2.75) is 231 Å². The SMILES string of the molecule is CCCCCCCCCCCCCCCCCCOC[C@@H](O)COP(=O)([O-])C(C[N+](C)(C)C)OCCCCCCCCCCCCCCCCCC. The van der Waals surface area contributed by atoms with Crippen LogP contribution >= 0.6 is 7.60 Å². The van der Waals surface area contributed by atoms with Crippen LogP contribution < -0.4 is 4.89 Å². The van der Waals surface area contributed by atoms with Crippen LogP contribution in [0.2, 0.25) is 0 Å². The summed E-state index contributed by atoms with van der Waals surface area (Å²) in [5.74, 6) is -1.03. The maximum atomic E-state index is 13.1. The van der Waals surface area contributed by atoms with Gasteiger partial charge in [-0.1, -0.05) is 206 Å². The number of rotatable bonds is 43. The predicted molar refractivity (Wildman–Crippen MR) is 222 cm³/mol. The molecule has 314 valence electrons. The quantitative estimate of drug-likeness (QED) is 0.0378. The minimum Gasteiger partial charge on any atom is -0.777 e. The highest BCUT2D eigenvalue weighted by Gasteiger charge is 2.30. The molecule has 0 saturated heterocycles. The molecule has 7 nitrogen and oxygen atoms in total. The zero-order valence-electron chi connectivity index (χ0n) is 35.7. The van der Waals surface area contributed by atoms with Gasteiger partial charge in [0.05, 0.1) is 34.4 Å². The van der Waals surface area contributed by atoms with Crippen molar-refractivity contribution >= 4 is 7.60 Å². The van der Waals surface area contributed by atoms with Crippen molar-refractivity contribution in [3.8, 4) is 0 Å². The van der Waals surface area contributed by atoms with E-state index in [0.29, 0.717) is 24.2 Å². The third-order valence-electron chi connectivity index (χ3n) is 10.3. The predicted octanol–water partition coefficient (Wildman–Crippen LogP) is 12.5. The lowest BCUT2D eigenvalue weighted by molar-refractivity contribution is -0.872. The molecule has 2 unspecified atom stereocenters. The van der Waals surface area contributed by atoms with Gasteiger partial charge in [-0.2, -0.15) is 0 Å². The van der Waals surface area contributed by atoms with Gasteiger partial charge in [0.15, 0.2) is 13.4 Å². The molecule has 0 rings (SSSR count). The van der Waals surface area contributed by atoms with Crippen LogP contribution in [0.1, 0.15) is 219 Å². The van der Waals surface area contributed by atoms with E-state index in [-0.39, 0.29) is 13.2 Å². The summed E-state index contributed by atoms with van der Waals surface area (Å²) in [4.78, 5) is 13.1. The fourth-order valence-corrected chi connectivity index (χ4v) is 8.40. The third kappa shape index (κ3) is 38.3. The second-order valence-corrected chi connectivity index (χ2v) is 18.9. The van der Waals surface area contributed by atoms with Crippen molar-refractivity contribution in [1.29, 1.82) is 0 Å². The highest BCUT2D eigenvalue weighted by Crippen LogP contribution is 2.44. The average Bonchev–Trinajstić information content (AvgIpc) is 3.10. The Morgan fingerprint density at radius 2 is 0.808 bits per heavy atom. The maximum absolute atomic E-state index is 13.1. The van der Waals surface area contributed by atoms with E-state index in [1.54, 1.807) is 0 Å². The van der Waals surface area contributed by atoms with Crippen molar-refractivity contribution in [2.24, 2.45) is 0 Å². The average molecular weight is 762 g/mol. The Morgan fingerprint density at radius 3 is 1.13 bits per heavy atom. The summed E-state index contributed by atoms with van der Waals surface area (Å²) < 4.78 is 30.4. The van der Waals surface area contributed by atoms with E-state index < -0.39 is 19.5 Å². The smallest absolute Gasteiger partial charge is 0.169 e. The number of nitrogens with zero attached hydrogens (tertiary/aromatic N) is 1. The van der Waals surface area contributed by atoms with Gasteiger partial charge >= 0.3 is 0 Å². The maximum Gasteiger partial charge on any atom is 0.169 e. The van der Waals surface area contributed by atoms with Crippen LogP contribution in [0.4, 0.5) is 0 Å². The molecule has 0 amide bonds. The minimum atomic E-state index is -4.33. The summed E-state index contributed by atoms with van der Waals surface area (Å²) in [7, 11) is 1.53. The summed E-state index contributed by atoms with van der Waals surface area (Å²) in [5.41, 5.74) is 0. The van der Waals surface area contributed by atoms with Crippen LogP contribution in [-0.4, -0.2) is 75.7 Å². The molecular formula is C44H92NO6P. The topological polar surface area (TPSA) is 88.0 Å². The number of unbranched alkanes of at least 4 members (excludes halogenated alkanes) is 30. The second kappa shape index (κ2) is 37.9. The van der Waals surface area contributed by atoms with E-state index in [9.17, 15) is 14.6 Å². The Bertz CT molecular complexity index is 764. The summed E-state index contributed by atoms with van der Waals surface area (Å²) >= 11 is 0. The lowest BCUT2D eigenvalue weighted by Gasteiger charge is -2.36. The van der Waals surface area contributed by atoms with Crippen LogP contribution in [0, 0.1) is 0 Å². The molecule has 0 fully saturated rings. The standard InChI is InChI=1S/C44H92NO6P/c1-6-8-10-12-14-16-18-20-22-24-26-28-30-32-34-36-38-49-41-43(46)42-51-52(47,48)44(40-45(3,4)5)50-39-37-35-33-31-29-27-25-23-21-19-17-15-13-11-9-7-2/h43-44,46H,6-42H2,1-5H3/t43-,44?/m1/s1. The fourth-order valence-electron chi connectivity index (χ4n) is 6.87. The van der Waals surface area contributed by atoms with E-state index in [4.69, 9.17) is 14.0 Å². The number of hydrogen-bond donors (Lipinski definition) is 1. The highest BCUT2D eigenvalue weighted by atomic mass is 31.2. The Morgan fingerprint density at radius 1 is 0.500 bits per heavy atom. The zero-order valence-corrected chi connectivity index (χ0v) is 36.6. The number of aliphatic hydroxyl groups is 1. The molecule has 3 atom stereocenters. The summed E-state index contributed by atoms with van der Waals surface area (Å²) in [5, 5.41) is 10.3. The largest absolute Gasteiger partial charge is 0.777 e. The lowest BCUT2D eigenvalue weighted by Crippen LogP contribution is -2.44. The molecule has 0 saturated carbocycles. The number of hydrogen-bond acceptors (Lipinski definition) is 6. The first-order valence-electron chi connectivity index (χ1n) is 22.8. The van der Waals surface area contributed by atoms with Gasteiger partial charge in [-0.05, 0) is 12.8 Å². The molecule has 0 aliphatic carbocycles. The Kier molecular flexibility index (Phi) is 37.9. The molecule has 0 aliphatic heterocycles. The van der Waals surface area contributed by atoms with Crippen LogP contribution in [0.5, 0.6) is 0 Å². The van der Waals surface area contributed by atoms with Gasteiger partial charge in [0, 0.05) is 13.2 Å². The van der Waals surface area contributed by atoms with E-state index in [0.717, 1.165) is 32.1 Å². The molecule has 0 aromatic heterocycles. The zero-order chi connectivity index (χ0) is 38.4. The van der Waals surface area contributed by atoms with Gasteiger partial charge < -0.3 is 33.0 Å². The molecule has 52 heavy (non-hydrogen) atoms. The van der Waals surface area contributed by atoms with Crippen LogP contribution in [-0.2, 0) is 18.6 Å². The van der Waals surface area contributed by atoms with Crippen molar-refractivity contribution < 1.29 is 33.0 Å². The molecule has 1 N–H and O–H groups in total. The summed E-state index contributed by atoms with van der Waals surface area (Å²) in [6, 6.07) is 0. The van der Waals surface area contributed by atoms with E-state index >= 15 is 0 Å². The molecule has 0 radical (unpaired) electrons. The molecule has 0 aromatic rings. The first-order chi connectivity index (χ1) is 25.1. The van der Waals surface area contributed by atoms with Crippen LogP contribution in [0.3, 0.4) is 0 Å². The van der Waals surface area contributed by atoms with Crippen molar-refractivity contribution in [3.05, 3.63) is 0 Å². The van der Waals surface area contributed by atoms with Gasteiger partial charge in [-0.3, -0.25) is 0 Å². The number of aliphatic hydroxyl groups excluding tert-OH is 1. The lowest BCUT2D eigenvalue weighted by atomic mass is 10.0. The van der Waals surface area contributed by atoms with Gasteiger partial charge in [-0.25, -0.2) is 0 Å². The first-order valence-corrected chi connectivity index (χ1v) is 24.4. The minimum absolute atomic E-state index is 0.0821. The third-order valence-corrected chi connectivity index (χ3v) is 11.8. The van der Waals surface area contributed by atoms with Gasteiger partial charge in [-0.15, -0.1) is 0 Å². The normalized spacial score (nSPS) is 14.5. The van der Waals surface area contributed by atoms with Crippen LogP contribution in [0.25, 0.3) is 0 Å². The monoisotopic (exact) mass is 762 g/mol. The molecule has 0 bridgehead atoms. The van der Waals surface area contributed by atoms with Crippen molar-refractivity contribution in [3.63, 3.8) is 0 Å². The number of likely N-dealkylation sites (N-methyl/N-ethyl adjacent to an activating group) is 1. The molecule has 0 heterocycles. The Balaban J connectivity index is 3.87.